The van der Waals surface area contributed by atoms with Crippen LogP contribution in [0.5, 0.6) is 5.75 Å². The predicted molar refractivity (Wildman–Crippen MR) is 101 cm³/mol. The predicted octanol–water partition coefficient (Wildman–Crippen LogP) is 4.37. The van der Waals surface area contributed by atoms with Crippen LogP contribution in [-0.4, -0.2) is 7.05 Å². The molecule has 25 heavy (non-hydrogen) atoms. The van der Waals surface area contributed by atoms with Gasteiger partial charge in [-0.2, -0.15) is 4.57 Å². The summed E-state index contributed by atoms with van der Waals surface area (Å²) in [6, 6.07) is 12.0. The summed E-state index contributed by atoms with van der Waals surface area (Å²) in [7, 11) is 3.95. The molecular weight excluding hydrogens is 312 g/mol. The second-order valence-electron chi connectivity index (χ2n) is 6.01. The highest BCUT2D eigenvalue weighted by Crippen LogP contribution is 2.39. The molecule has 4 nitrogen and oxygen atoms in total. The van der Waals surface area contributed by atoms with Gasteiger partial charge in [-0.15, -0.1) is 0 Å². The third-order valence-electron chi connectivity index (χ3n) is 4.50. The Kier molecular flexibility index (Phi) is 3.46. The smallest absolute Gasteiger partial charge is 0.379 e. The first-order valence-electron chi connectivity index (χ1n) is 8.05. The van der Waals surface area contributed by atoms with Gasteiger partial charge in [-0.05, 0) is 29.3 Å². The monoisotopic (exact) mass is 331 g/mol. The number of hydrogen-bond donors (Lipinski definition) is 0. The minimum absolute atomic E-state index is 0.717. The van der Waals surface area contributed by atoms with Crippen LogP contribution in [0, 0.1) is 0 Å². The lowest BCUT2D eigenvalue weighted by atomic mass is 10.2. The molecule has 1 aromatic heterocycles. The van der Waals surface area contributed by atoms with Crippen LogP contribution in [0.4, 0.5) is 5.69 Å². The number of ether oxygens (including phenoxy) is 1. The van der Waals surface area contributed by atoms with E-state index in [0.717, 1.165) is 45.4 Å². The summed E-state index contributed by atoms with van der Waals surface area (Å²) >= 11 is 0. The fraction of sp³-hybridized carbons (Fsp3) is 0.0952. The molecule has 4 rings (SSSR count). The van der Waals surface area contributed by atoms with Crippen LogP contribution < -0.4 is 14.2 Å². The maximum Gasteiger partial charge on any atom is 0.379 e. The van der Waals surface area contributed by atoms with E-state index >= 15 is 0 Å². The number of benzene rings is 2. The summed E-state index contributed by atoms with van der Waals surface area (Å²) in [5, 5.41) is 0. The van der Waals surface area contributed by atoms with Crippen LogP contribution in [0.25, 0.3) is 29.3 Å². The number of fused-ring (bicyclic) bond motifs is 2. The molecule has 1 aliphatic rings. The third kappa shape index (κ3) is 2.43. The van der Waals surface area contributed by atoms with Crippen molar-refractivity contribution in [2.75, 3.05) is 11.9 Å². The lowest BCUT2D eigenvalue weighted by Gasteiger charge is -2.10. The van der Waals surface area contributed by atoms with Gasteiger partial charge in [0.05, 0.1) is 5.69 Å². The number of rotatable bonds is 3. The Morgan fingerprint density at radius 3 is 2.52 bits per heavy atom. The van der Waals surface area contributed by atoms with E-state index in [1.165, 1.54) is 0 Å². The van der Waals surface area contributed by atoms with Crippen molar-refractivity contribution < 1.29 is 13.7 Å². The molecule has 0 radical (unpaired) electrons. The van der Waals surface area contributed by atoms with Crippen molar-refractivity contribution in [1.82, 2.24) is 0 Å². The van der Waals surface area contributed by atoms with E-state index in [1.807, 2.05) is 66.1 Å². The first-order valence-corrected chi connectivity index (χ1v) is 8.05. The van der Waals surface area contributed by atoms with Crippen LogP contribution in [0.1, 0.15) is 17.0 Å². The summed E-state index contributed by atoms with van der Waals surface area (Å²) < 4.78 is 14.0. The Labute approximate surface area is 146 Å². The topological polar surface area (TPSA) is 29.5 Å². The maximum atomic E-state index is 5.98. The third-order valence-corrected chi connectivity index (χ3v) is 4.50. The average molecular weight is 331 g/mol. The van der Waals surface area contributed by atoms with E-state index in [4.69, 9.17) is 9.15 Å². The van der Waals surface area contributed by atoms with E-state index in [-0.39, 0.29) is 0 Å². The molecule has 0 saturated carbocycles. The highest BCUT2D eigenvalue weighted by molar-refractivity contribution is 5.75. The Morgan fingerprint density at radius 2 is 1.76 bits per heavy atom. The highest BCUT2D eigenvalue weighted by atomic mass is 16.5. The number of anilines is 1. The number of aromatic nitrogens is 1. The Bertz CT molecular complexity index is 1040. The maximum absolute atomic E-state index is 5.98. The minimum Gasteiger partial charge on any atom is -0.438 e. The molecule has 1 aliphatic heterocycles. The van der Waals surface area contributed by atoms with E-state index in [2.05, 4.69) is 25.3 Å². The van der Waals surface area contributed by atoms with Gasteiger partial charge in [0.25, 0.3) is 5.52 Å². The zero-order chi connectivity index (χ0) is 17.6. The molecule has 0 unspecified atom stereocenters. The van der Waals surface area contributed by atoms with Crippen molar-refractivity contribution >= 4 is 35.0 Å². The van der Waals surface area contributed by atoms with Crippen LogP contribution in [0.15, 0.2) is 59.9 Å². The number of nitrogens with zero attached hydrogens (tertiary/aromatic N) is 2. The van der Waals surface area contributed by atoms with Crippen molar-refractivity contribution in [3.05, 3.63) is 72.5 Å². The second kappa shape index (κ2) is 5.67. The SMILES string of the molecule is C=Cc1ccc2c(c1)N(C)/C(=C\c1oc3ccc(C=C)cc3[n+]1C)O2. The van der Waals surface area contributed by atoms with Crippen LogP contribution in [0.3, 0.4) is 0 Å². The number of aryl methyl sites for hydroxylation is 1. The molecule has 124 valence electrons. The van der Waals surface area contributed by atoms with E-state index in [1.54, 1.807) is 0 Å². The van der Waals surface area contributed by atoms with E-state index in [0.29, 0.717) is 0 Å². The quantitative estimate of drug-likeness (QED) is 0.668. The fourth-order valence-electron chi connectivity index (χ4n) is 2.98. The van der Waals surface area contributed by atoms with Gasteiger partial charge in [0.2, 0.25) is 11.5 Å². The molecular formula is C21H19N2O2+. The normalized spacial score (nSPS) is 14.6. The van der Waals surface area contributed by atoms with Gasteiger partial charge in [-0.1, -0.05) is 37.4 Å². The molecule has 0 aliphatic carbocycles. The van der Waals surface area contributed by atoms with Gasteiger partial charge in [-0.25, -0.2) is 0 Å². The van der Waals surface area contributed by atoms with Crippen molar-refractivity contribution in [2.45, 2.75) is 0 Å². The fourth-order valence-corrected chi connectivity index (χ4v) is 2.98. The second-order valence-corrected chi connectivity index (χ2v) is 6.01. The molecule has 0 N–H and O–H groups in total. The van der Waals surface area contributed by atoms with Crippen LogP contribution in [0.2, 0.25) is 0 Å². The largest absolute Gasteiger partial charge is 0.438 e. The van der Waals surface area contributed by atoms with Gasteiger partial charge in [0, 0.05) is 13.1 Å². The van der Waals surface area contributed by atoms with Gasteiger partial charge in [0.15, 0.2) is 5.75 Å². The summed E-state index contributed by atoms with van der Waals surface area (Å²) in [6.07, 6.45) is 5.56. The van der Waals surface area contributed by atoms with E-state index < -0.39 is 0 Å². The zero-order valence-corrected chi connectivity index (χ0v) is 14.3. The zero-order valence-electron chi connectivity index (χ0n) is 14.3. The van der Waals surface area contributed by atoms with Crippen molar-refractivity contribution in [2.24, 2.45) is 7.05 Å². The molecule has 2 aromatic carbocycles. The van der Waals surface area contributed by atoms with Crippen molar-refractivity contribution in [3.8, 4) is 5.75 Å². The molecule has 0 amide bonds. The first-order chi connectivity index (χ1) is 12.1. The molecule has 0 fully saturated rings. The van der Waals surface area contributed by atoms with Crippen molar-refractivity contribution in [3.63, 3.8) is 0 Å². The molecule has 0 spiro atoms. The Balaban J connectivity index is 1.76. The van der Waals surface area contributed by atoms with E-state index in [9.17, 15) is 0 Å². The highest BCUT2D eigenvalue weighted by Gasteiger charge is 2.26. The molecule has 2 heterocycles. The summed E-state index contributed by atoms with van der Waals surface area (Å²) in [5.41, 5.74) is 4.96. The minimum atomic E-state index is 0.717. The summed E-state index contributed by atoms with van der Waals surface area (Å²) in [4.78, 5) is 2.00. The van der Waals surface area contributed by atoms with Gasteiger partial charge in [-0.3, -0.25) is 0 Å². The molecule has 0 saturated heterocycles. The van der Waals surface area contributed by atoms with Crippen molar-refractivity contribution in [1.29, 1.82) is 0 Å². The standard InChI is InChI=1S/C21H19N2O2/c1-5-14-7-9-18-16(11-14)22(3)20(24-18)13-21-23(4)17-12-15(6-2)8-10-19(17)25-21/h5-13H,1-2H2,3-4H3/q+1. The number of oxazole rings is 1. The summed E-state index contributed by atoms with van der Waals surface area (Å²) in [5.74, 6) is 2.26. The molecule has 4 heteroatoms. The summed E-state index contributed by atoms with van der Waals surface area (Å²) in [6.45, 7) is 7.64. The van der Waals surface area contributed by atoms with Crippen LogP contribution in [-0.2, 0) is 7.05 Å². The first kappa shape index (κ1) is 15.3. The van der Waals surface area contributed by atoms with Crippen LogP contribution >= 0.6 is 0 Å². The number of hydrogen-bond acceptors (Lipinski definition) is 3. The van der Waals surface area contributed by atoms with Gasteiger partial charge in [0.1, 0.15) is 13.1 Å². The van der Waals surface area contributed by atoms with Gasteiger partial charge < -0.3 is 14.1 Å². The average Bonchev–Trinajstić information content (AvgIpc) is 3.12. The Hall–Kier alpha value is -3.27. The lowest BCUT2D eigenvalue weighted by Crippen LogP contribution is -2.30. The molecule has 0 bridgehead atoms. The Morgan fingerprint density at radius 1 is 1.04 bits per heavy atom. The lowest BCUT2D eigenvalue weighted by molar-refractivity contribution is -0.652. The molecule has 3 aromatic rings. The molecule has 0 atom stereocenters. The van der Waals surface area contributed by atoms with Gasteiger partial charge >= 0.3 is 5.89 Å².